The van der Waals surface area contributed by atoms with E-state index in [2.05, 4.69) is 28.9 Å². The van der Waals surface area contributed by atoms with Gasteiger partial charge in [-0.25, -0.2) is 4.98 Å². The van der Waals surface area contributed by atoms with Gasteiger partial charge < -0.3 is 19.7 Å². The van der Waals surface area contributed by atoms with Crippen molar-refractivity contribution in [1.82, 2.24) is 9.88 Å². The standard InChI is InChI=1S/C27H33F2N3O4/c1-17(2)20-6-4-5-7-21(20)27(15-32(16-27)23(33)14-19-10-12-35-13-11-19)25(34)31-22-9-8-18(3)30-24(22)36-26(28)29/h4-9,17,19,26H,10-16H2,1-3H3,(H,31,34). The summed E-state index contributed by atoms with van der Waals surface area (Å²) in [4.78, 5) is 32.6. The number of benzene rings is 1. The Morgan fingerprint density at radius 2 is 1.86 bits per heavy atom. The average Bonchev–Trinajstić information content (AvgIpc) is 2.80. The van der Waals surface area contributed by atoms with E-state index >= 15 is 0 Å². The number of hydrogen-bond acceptors (Lipinski definition) is 5. The van der Waals surface area contributed by atoms with Gasteiger partial charge in [0.1, 0.15) is 11.1 Å². The van der Waals surface area contributed by atoms with Crippen LogP contribution in [0.5, 0.6) is 5.88 Å². The number of anilines is 1. The summed E-state index contributed by atoms with van der Waals surface area (Å²) in [6.07, 6.45) is 2.14. The Balaban J connectivity index is 1.61. The molecule has 0 spiro atoms. The molecule has 1 aromatic heterocycles. The summed E-state index contributed by atoms with van der Waals surface area (Å²) >= 11 is 0. The number of halogens is 2. The summed E-state index contributed by atoms with van der Waals surface area (Å²) in [5.41, 5.74) is 1.38. The third kappa shape index (κ3) is 5.51. The van der Waals surface area contributed by atoms with Gasteiger partial charge in [0.15, 0.2) is 0 Å². The van der Waals surface area contributed by atoms with Crippen LogP contribution in [0.15, 0.2) is 36.4 Å². The third-order valence-electron chi connectivity index (χ3n) is 7.06. The van der Waals surface area contributed by atoms with Crippen molar-refractivity contribution in [3.8, 4) is 5.88 Å². The topological polar surface area (TPSA) is 80.8 Å². The third-order valence-corrected chi connectivity index (χ3v) is 7.06. The zero-order chi connectivity index (χ0) is 25.9. The average molecular weight is 502 g/mol. The molecule has 1 N–H and O–H groups in total. The van der Waals surface area contributed by atoms with E-state index in [-0.39, 0.29) is 48.3 Å². The molecular weight excluding hydrogens is 468 g/mol. The molecule has 0 saturated carbocycles. The maximum absolute atomic E-state index is 13.8. The predicted molar refractivity (Wildman–Crippen MR) is 131 cm³/mol. The van der Waals surface area contributed by atoms with E-state index < -0.39 is 12.0 Å². The first-order valence-corrected chi connectivity index (χ1v) is 12.4. The Bertz CT molecular complexity index is 1100. The van der Waals surface area contributed by atoms with Gasteiger partial charge in [-0.15, -0.1) is 0 Å². The predicted octanol–water partition coefficient (Wildman–Crippen LogP) is 4.65. The van der Waals surface area contributed by atoms with E-state index in [4.69, 9.17) is 4.74 Å². The monoisotopic (exact) mass is 501 g/mol. The number of carbonyl (C=O) groups is 2. The van der Waals surface area contributed by atoms with Crippen LogP contribution in [0.4, 0.5) is 14.5 Å². The lowest BCUT2D eigenvalue weighted by atomic mass is 9.69. The van der Waals surface area contributed by atoms with Crippen LogP contribution in [0.2, 0.25) is 0 Å². The lowest BCUT2D eigenvalue weighted by molar-refractivity contribution is -0.145. The fourth-order valence-electron chi connectivity index (χ4n) is 5.02. The first kappa shape index (κ1) is 26.0. The molecule has 2 aliphatic rings. The number of amides is 2. The summed E-state index contributed by atoms with van der Waals surface area (Å²) in [6, 6.07) is 10.8. The molecule has 0 aliphatic carbocycles. The maximum Gasteiger partial charge on any atom is 0.388 e. The Morgan fingerprint density at radius 1 is 1.17 bits per heavy atom. The number of likely N-dealkylation sites (tertiary alicyclic amines) is 1. The Morgan fingerprint density at radius 3 is 2.53 bits per heavy atom. The van der Waals surface area contributed by atoms with Crippen molar-refractivity contribution in [2.24, 2.45) is 5.92 Å². The number of alkyl halides is 2. The van der Waals surface area contributed by atoms with E-state index in [0.29, 0.717) is 25.3 Å². The minimum atomic E-state index is -3.08. The zero-order valence-corrected chi connectivity index (χ0v) is 20.9. The fraction of sp³-hybridized carbons (Fsp3) is 0.519. The Hall–Kier alpha value is -3.07. The molecule has 2 aromatic rings. The van der Waals surface area contributed by atoms with Gasteiger partial charge in [-0.3, -0.25) is 9.59 Å². The molecule has 0 radical (unpaired) electrons. The number of hydrogen-bond donors (Lipinski definition) is 1. The maximum atomic E-state index is 13.8. The summed E-state index contributed by atoms with van der Waals surface area (Å²) in [7, 11) is 0. The quantitative estimate of drug-likeness (QED) is 0.570. The number of aryl methyl sites for hydroxylation is 1. The molecular formula is C27H33F2N3O4. The Kier molecular flexibility index (Phi) is 7.88. The molecule has 0 unspecified atom stereocenters. The molecule has 194 valence electrons. The molecule has 7 nitrogen and oxygen atoms in total. The molecule has 2 fully saturated rings. The van der Waals surface area contributed by atoms with Crippen molar-refractivity contribution in [2.75, 3.05) is 31.6 Å². The number of ether oxygens (including phenoxy) is 2. The van der Waals surface area contributed by atoms with Crippen molar-refractivity contribution >= 4 is 17.5 Å². The molecule has 2 amide bonds. The van der Waals surface area contributed by atoms with Crippen LogP contribution in [-0.4, -0.2) is 54.6 Å². The van der Waals surface area contributed by atoms with E-state index in [1.165, 1.54) is 6.07 Å². The lowest BCUT2D eigenvalue weighted by Gasteiger charge is -2.50. The summed E-state index contributed by atoms with van der Waals surface area (Å²) < 4.78 is 36.0. The van der Waals surface area contributed by atoms with E-state index in [9.17, 15) is 18.4 Å². The van der Waals surface area contributed by atoms with Crippen LogP contribution in [-0.2, 0) is 19.7 Å². The van der Waals surface area contributed by atoms with Crippen LogP contribution < -0.4 is 10.1 Å². The minimum absolute atomic E-state index is 0.0195. The second-order valence-corrected chi connectivity index (χ2v) is 9.97. The van der Waals surface area contributed by atoms with Crippen molar-refractivity contribution < 1.29 is 27.8 Å². The number of rotatable bonds is 8. The molecule has 2 aliphatic heterocycles. The molecule has 1 aromatic carbocycles. The summed E-state index contributed by atoms with van der Waals surface area (Å²) in [5.74, 6) is -0.263. The minimum Gasteiger partial charge on any atom is -0.415 e. The molecule has 9 heteroatoms. The van der Waals surface area contributed by atoms with Gasteiger partial charge in [0.25, 0.3) is 0 Å². The van der Waals surface area contributed by atoms with Gasteiger partial charge in [-0.2, -0.15) is 8.78 Å². The molecule has 0 atom stereocenters. The van der Waals surface area contributed by atoms with Crippen molar-refractivity contribution in [3.05, 3.63) is 53.2 Å². The van der Waals surface area contributed by atoms with Gasteiger partial charge in [0.05, 0.1) is 0 Å². The van der Waals surface area contributed by atoms with E-state index in [0.717, 1.165) is 24.0 Å². The van der Waals surface area contributed by atoms with Gasteiger partial charge in [0, 0.05) is 38.4 Å². The van der Waals surface area contributed by atoms with Gasteiger partial charge in [-0.1, -0.05) is 38.1 Å². The van der Waals surface area contributed by atoms with Crippen molar-refractivity contribution in [3.63, 3.8) is 0 Å². The summed E-state index contributed by atoms with van der Waals surface area (Å²) in [6.45, 7) is 4.44. The number of nitrogens with one attached hydrogen (secondary N) is 1. The first-order chi connectivity index (χ1) is 17.2. The Labute approximate surface area is 210 Å². The highest BCUT2D eigenvalue weighted by atomic mass is 19.3. The van der Waals surface area contributed by atoms with Crippen LogP contribution >= 0.6 is 0 Å². The normalized spacial score (nSPS) is 17.7. The number of pyridine rings is 1. The number of nitrogens with zero attached hydrogens (tertiary/aromatic N) is 2. The highest BCUT2D eigenvalue weighted by molar-refractivity contribution is 6.02. The smallest absolute Gasteiger partial charge is 0.388 e. The van der Waals surface area contributed by atoms with Crippen LogP contribution in [0.3, 0.4) is 0 Å². The van der Waals surface area contributed by atoms with Gasteiger partial charge >= 0.3 is 6.61 Å². The zero-order valence-electron chi connectivity index (χ0n) is 20.9. The van der Waals surface area contributed by atoms with Crippen LogP contribution in [0.1, 0.15) is 55.8 Å². The second-order valence-electron chi connectivity index (χ2n) is 9.97. The summed E-state index contributed by atoms with van der Waals surface area (Å²) in [5, 5.41) is 2.78. The van der Waals surface area contributed by atoms with E-state index in [1.54, 1.807) is 17.9 Å². The van der Waals surface area contributed by atoms with Gasteiger partial charge in [-0.05, 0) is 54.9 Å². The lowest BCUT2D eigenvalue weighted by Crippen LogP contribution is -2.66. The second kappa shape index (κ2) is 10.9. The first-order valence-electron chi connectivity index (χ1n) is 12.4. The highest BCUT2D eigenvalue weighted by Gasteiger charge is 2.53. The van der Waals surface area contributed by atoms with Crippen molar-refractivity contribution in [2.45, 2.75) is 58.0 Å². The van der Waals surface area contributed by atoms with Crippen LogP contribution in [0, 0.1) is 12.8 Å². The largest absolute Gasteiger partial charge is 0.415 e. The molecule has 2 saturated heterocycles. The van der Waals surface area contributed by atoms with E-state index in [1.807, 2.05) is 24.3 Å². The highest BCUT2D eigenvalue weighted by Crippen LogP contribution is 2.41. The number of carbonyl (C=O) groups excluding carboxylic acids is 2. The van der Waals surface area contributed by atoms with Crippen molar-refractivity contribution in [1.29, 1.82) is 0 Å². The molecule has 0 bridgehead atoms. The number of aromatic nitrogens is 1. The SMILES string of the molecule is Cc1ccc(NC(=O)C2(c3ccccc3C(C)C)CN(C(=O)CC3CCOCC3)C2)c(OC(F)F)n1. The van der Waals surface area contributed by atoms with Gasteiger partial charge in [0.2, 0.25) is 17.7 Å². The molecule has 36 heavy (non-hydrogen) atoms. The molecule has 3 heterocycles. The molecule has 4 rings (SSSR count). The van der Waals surface area contributed by atoms with Crippen LogP contribution in [0.25, 0.3) is 0 Å². The fourth-order valence-corrected chi connectivity index (χ4v) is 5.02.